The Hall–Kier alpha value is -2.08. The SMILES string of the molecule is C=C=CC(O)(CC=C)c1ccc2ccccc2c1. The molecule has 1 atom stereocenters. The van der Waals surface area contributed by atoms with Crippen LogP contribution in [0.2, 0.25) is 0 Å². The second-order valence-corrected chi connectivity index (χ2v) is 4.33. The largest absolute Gasteiger partial charge is 0.380 e. The van der Waals surface area contributed by atoms with Gasteiger partial charge in [-0.15, -0.1) is 12.3 Å². The molecule has 1 heteroatoms. The first-order valence-electron chi connectivity index (χ1n) is 5.89. The summed E-state index contributed by atoms with van der Waals surface area (Å²) in [5.74, 6) is 0. The molecular weight excluding hydrogens is 220 g/mol. The molecule has 1 N–H and O–H groups in total. The average molecular weight is 236 g/mol. The third kappa shape index (κ3) is 2.28. The van der Waals surface area contributed by atoms with Gasteiger partial charge < -0.3 is 5.11 Å². The number of fused-ring (bicyclic) bond motifs is 1. The van der Waals surface area contributed by atoms with Crippen LogP contribution < -0.4 is 0 Å². The lowest BCUT2D eigenvalue weighted by Gasteiger charge is -2.23. The highest BCUT2D eigenvalue weighted by molar-refractivity contribution is 5.83. The standard InChI is InChI=1S/C17H16O/c1-3-11-17(18,12-4-2)16-10-9-14-7-5-6-8-15(14)13-16/h3,5-10,12-13,18H,1-2,11H2. The predicted octanol–water partition coefficient (Wildman–Crippen LogP) is 3.94. The quantitative estimate of drug-likeness (QED) is 0.629. The van der Waals surface area contributed by atoms with E-state index >= 15 is 0 Å². The maximum absolute atomic E-state index is 10.6. The van der Waals surface area contributed by atoms with Crippen molar-refractivity contribution in [3.63, 3.8) is 0 Å². The van der Waals surface area contributed by atoms with E-state index in [1.54, 1.807) is 12.2 Å². The van der Waals surface area contributed by atoms with Crippen LogP contribution in [0.25, 0.3) is 10.8 Å². The molecule has 18 heavy (non-hydrogen) atoms. The van der Waals surface area contributed by atoms with Crippen LogP contribution in [0.5, 0.6) is 0 Å². The number of aliphatic hydroxyl groups is 1. The van der Waals surface area contributed by atoms with Gasteiger partial charge in [-0.25, -0.2) is 0 Å². The van der Waals surface area contributed by atoms with Crippen molar-refractivity contribution in [1.82, 2.24) is 0 Å². The predicted molar refractivity (Wildman–Crippen MR) is 76.4 cm³/mol. The number of benzene rings is 2. The van der Waals surface area contributed by atoms with E-state index in [2.05, 4.69) is 25.0 Å². The van der Waals surface area contributed by atoms with Gasteiger partial charge in [-0.1, -0.05) is 49.1 Å². The van der Waals surface area contributed by atoms with Gasteiger partial charge in [-0.2, -0.15) is 0 Å². The summed E-state index contributed by atoms with van der Waals surface area (Å²) in [6.07, 6.45) is 3.72. The highest BCUT2D eigenvalue weighted by atomic mass is 16.3. The highest BCUT2D eigenvalue weighted by Crippen LogP contribution is 2.29. The Morgan fingerprint density at radius 3 is 2.56 bits per heavy atom. The Labute approximate surface area is 107 Å². The topological polar surface area (TPSA) is 20.2 Å². The summed E-state index contributed by atoms with van der Waals surface area (Å²) in [5.41, 5.74) is 2.42. The summed E-state index contributed by atoms with van der Waals surface area (Å²) in [4.78, 5) is 0. The monoisotopic (exact) mass is 236 g/mol. The van der Waals surface area contributed by atoms with Crippen LogP contribution in [0.1, 0.15) is 12.0 Å². The van der Waals surface area contributed by atoms with Gasteiger partial charge in [0.25, 0.3) is 0 Å². The van der Waals surface area contributed by atoms with Gasteiger partial charge in [0.05, 0.1) is 0 Å². The average Bonchev–Trinajstić information content (AvgIpc) is 2.39. The molecule has 0 heterocycles. The summed E-state index contributed by atoms with van der Waals surface area (Å²) in [6.45, 7) is 7.23. The summed E-state index contributed by atoms with van der Waals surface area (Å²) >= 11 is 0. The minimum atomic E-state index is -1.08. The Balaban J connectivity index is 2.57. The van der Waals surface area contributed by atoms with E-state index in [0.29, 0.717) is 6.42 Å². The van der Waals surface area contributed by atoms with E-state index in [9.17, 15) is 5.11 Å². The number of rotatable bonds is 4. The maximum Gasteiger partial charge on any atom is 0.118 e. The maximum atomic E-state index is 10.6. The molecule has 0 amide bonds. The second-order valence-electron chi connectivity index (χ2n) is 4.33. The van der Waals surface area contributed by atoms with Gasteiger partial charge in [-0.3, -0.25) is 0 Å². The van der Waals surface area contributed by atoms with Crippen LogP contribution >= 0.6 is 0 Å². The Morgan fingerprint density at radius 1 is 1.17 bits per heavy atom. The fourth-order valence-electron chi connectivity index (χ4n) is 2.11. The van der Waals surface area contributed by atoms with E-state index in [1.807, 2.05) is 36.4 Å². The van der Waals surface area contributed by atoms with Gasteiger partial charge in [0.1, 0.15) is 5.60 Å². The molecule has 2 aromatic carbocycles. The zero-order valence-electron chi connectivity index (χ0n) is 10.3. The molecule has 0 aliphatic rings. The summed E-state index contributed by atoms with van der Waals surface area (Å²) < 4.78 is 0. The molecule has 0 saturated carbocycles. The Kier molecular flexibility index (Phi) is 3.47. The smallest absolute Gasteiger partial charge is 0.118 e. The van der Waals surface area contributed by atoms with Crippen LogP contribution in [0, 0.1) is 0 Å². The van der Waals surface area contributed by atoms with Crippen LogP contribution in [0.3, 0.4) is 0 Å². The van der Waals surface area contributed by atoms with Crippen molar-refractivity contribution >= 4 is 10.8 Å². The van der Waals surface area contributed by atoms with Crippen molar-refractivity contribution in [2.45, 2.75) is 12.0 Å². The molecule has 0 aromatic heterocycles. The second kappa shape index (κ2) is 5.05. The van der Waals surface area contributed by atoms with Crippen molar-refractivity contribution < 1.29 is 5.11 Å². The molecule has 0 fully saturated rings. The van der Waals surface area contributed by atoms with E-state index < -0.39 is 5.60 Å². The summed E-state index contributed by atoms with van der Waals surface area (Å²) in [5, 5.41) is 12.9. The first-order chi connectivity index (χ1) is 8.69. The van der Waals surface area contributed by atoms with E-state index in [4.69, 9.17) is 0 Å². The van der Waals surface area contributed by atoms with Gasteiger partial charge >= 0.3 is 0 Å². The molecule has 90 valence electrons. The van der Waals surface area contributed by atoms with Gasteiger partial charge in [0.15, 0.2) is 0 Å². The Morgan fingerprint density at radius 2 is 1.89 bits per heavy atom. The van der Waals surface area contributed by atoms with Crippen molar-refractivity contribution in [3.05, 3.63) is 79.1 Å². The third-order valence-electron chi connectivity index (χ3n) is 3.05. The van der Waals surface area contributed by atoms with Gasteiger partial charge in [0, 0.05) is 6.42 Å². The van der Waals surface area contributed by atoms with Crippen molar-refractivity contribution in [2.24, 2.45) is 0 Å². The van der Waals surface area contributed by atoms with Crippen LogP contribution in [0.4, 0.5) is 0 Å². The van der Waals surface area contributed by atoms with Crippen LogP contribution in [-0.4, -0.2) is 5.11 Å². The molecule has 1 nitrogen and oxygen atoms in total. The molecule has 0 aliphatic carbocycles. The molecule has 2 rings (SSSR count). The summed E-state index contributed by atoms with van der Waals surface area (Å²) in [6, 6.07) is 14.0. The number of hydrogen-bond donors (Lipinski definition) is 1. The highest BCUT2D eigenvalue weighted by Gasteiger charge is 2.24. The molecule has 0 aliphatic heterocycles. The molecule has 0 bridgehead atoms. The molecule has 0 spiro atoms. The van der Waals surface area contributed by atoms with E-state index in [-0.39, 0.29) is 0 Å². The first-order valence-corrected chi connectivity index (χ1v) is 5.89. The zero-order valence-corrected chi connectivity index (χ0v) is 10.3. The normalized spacial score (nSPS) is 13.6. The lowest BCUT2D eigenvalue weighted by atomic mass is 9.89. The number of hydrogen-bond acceptors (Lipinski definition) is 1. The molecule has 1 unspecified atom stereocenters. The molecular formula is C17H16O. The fourth-order valence-corrected chi connectivity index (χ4v) is 2.11. The van der Waals surface area contributed by atoms with Crippen molar-refractivity contribution in [2.75, 3.05) is 0 Å². The van der Waals surface area contributed by atoms with Crippen molar-refractivity contribution in [1.29, 1.82) is 0 Å². The third-order valence-corrected chi connectivity index (χ3v) is 3.05. The van der Waals surface area contributed by atoms with Gasteiger partial charge in [-0.05, 0) is 28.5 Å². The van der Waals surface area contributed by atoms with Crippen LogP contribution in [-0.2, 0) is 5.60 Å². The van der Waals surface area contributed by atoms with Gasteiger partial charge in [0.2, 0.25) is 0 Å². The Bertz CT molecular complexity index is 620. The molecule has 2 aromatic rings. The molecule has 0 radical (unpaired) electrons. The van der Waals surface area contributed by atoms with E-state index in [1.165, 1.54) is 0 Å². The molecule has 0 saturated heterocycles. The van der Waals surface area contributed by atoms with Crippen LogP contribution in [0.15, 0.2) is 73.5 Å². The minimum Gasteiger partial charge on any atom is -0.380 e. The summed E-state index contributed by atoms with van der Waals surface area (Å²) in [7, 11) is 0. The minimum absolute atomic E-state index is 0.438. The lowest BCUT2D eigenvalue weighted by Crippen LogP contribution is -2.21. The van der Waals surface area contributed by atoms with Crippen molar-refractivity contribution in [3.8, 4) is 0 Å². The first kappa shape index (κ1) is 12.4. The lowest BCUT2D eigenvalue weighted by molar-refractivity contribution is 0.0933. The van der Waals surface area contributed by atoms with E-state index in [0.717, 1.165) is 16.3 Å². The zero-order chi connectivity index (χ0) is 13.0. The fraction of sp³-hybridized carbons (Fsp3) is 0.118.